The number of rotatable bonds is 6. The summed E-state index contributed by atoms with van der Waals surface area (Å²) in [7, 11) is 0. The third-order valence-electron chi connectivity index (χ3n) is 5.52. The van der Waals surface area contributed by atoms with Crippen LogP contribution in [0.15, 0.2) is 48.9 Å². The van der Waals surface area contributed by atoms with Crippen molar-refractivity contribution in [2.24, 2.45) is 5.92 Å². The number of amides is 2. The van der Waals surface area contributed by atoms with E-state index in [-0.39, 0.29) is 6.03 Å². The first-order valence-corrected chi connectivity index (χ1v) is 10.6. The summed E-state index contributed by atoms with van der Waals surface area (Å²) in [6.45, 7) is 6.77. The normalized spacial score (nSPS) is 16.2. The van der Waals surface area contributed by atoms with Gasteiger partial charge < -0.3 is 15.0 Å². The van der Waals surface area contributed by atoms with Gasteiger partial charge in [0.05, 0.1) is 6.20 Å². The number of hydrogen-bond acceptors (Lipinski definition) is 5. The van der Waals surface area contributed by atoms with Crippen LogP contribution in [0.4, 0.5) is 4.79 Å². The molecule has 0 radical (unpaired) electrons. The van der Waals surface area contributed by atoms with E-state index >= 15 is 0 Å². The first kappa shape index (κ1) is 20.8. The lowest BCUT2D eigenvalue weighted by Gasteiger charge is -2.32. The van der Waals surface area contributed by atoms with Crippen molar-refractivity contribution < 1.29 is 9.53 Å². The van der Waals surface area contributed by atoms with Crippen molar-refractivity contribution in [3.05, 3.63) is 65.6 Å². The van der Waals surface area contributed by atoms with E-state index in [1.165, 1.54) is 0 Å². The molecule has 1 fully saturated rings. The fourth-order valence-corrected chi connectivity index (χ4v) is 3.79. The minimum Gasteiger partial charge on any atom is -0.439 e. The Morgan fingerprint density at radius 3 is 2.94 bits per heavy atom. The molecule has 1 aliphatic rings. The zero-order chi connectivity index (χ0) is 21.6. The summed E-state index contributed by atoms with van der Waals surface area (Å²) in [5.74, 6) is 1.74. The highest BCUT2D eigenvalue weighted by Crippen LogP contribution is 2.24. The highest BCUT2D eigenvalue weighted by atomic mass is 16.5. The van der Waals surface area contributed by atoms with Crippen LogP contribution in [0.25, 0.3) is 0 Å². The molecule has 0 saturated carbocycles. The summed E-state index contributed by atoms with van der Waals surface area (Å²) in [6, 6.07) is 9.81. The topological polar surface area (TPSA) is 85.2 Å². The van der Waals surface area contributed by atoms with Crippen LogP contribution in [0.3, 0.4) is 0 Å². The van der Waals surface area contributed by atoms with Crippen molar-refractivity contribution in [2.45, 2.75) is 39.8 Å². The average Bonchev–Trinajstić information content (AvgIpc) is 3.29. The summed E-state index contributed by atoms with van der Waals surface area (Å²) < 4.78 is 7.74. The zero-order valence-corrected chi connectivity index (χ0v) is 18.0. The van der Waals surface area contributed by atoms with Gasteiger partial charge in [0.15, 0.2) is 0 Å². The molecule has 162 valence electrons. The van der Waals surface area contributed by atoms with E-state index in [2.05, 4.69) is 26.7 Å². The van der Waals surface area contributed by atoms with Crippen LogP contribution in [0.2, 0.25) is 0 Å². The van der Waals surface area contributed by atoms with Crippen molar-refractivity contribution in [3.8, 4) is 11.6 Å². The first-order chi connectivity index (χ1) is 15.1. The summed E-state index contributed by atoms with van der Waals surface area (Å²) in [6.07, 6.45) is 7.37. The standard InChI is InChI=1S/C23H28N6O2/c1-17-5-6-18(2)21(12-17)31-22-8-7-19(13-24-22)14-25-23(30)28-10-3-4-20(15-28)16-29-11-9-26-27-29/h5-9,11-13,20H,3-4,10,14-16H2,1-2H3,(H,25,30). The van der Waals surface area contributed by atoms with E-state index < -0.39 is 0 Å². The third kappa shape index (κ3) is 5.59. The molecule has 1 N–H and O–H groups in total. The maximum absolute atomic E-state index is 12.6. The van der Waals surface area contributed by atoms with Gasteiger partial charge in [-0.15, -0.1) is 5.10 Å². The van der Waals surface area contributed by atoms with E-state index in [0.29, 0.717) is 18.3 Å². The molecule has 1 aromatic carbocycles. The summed E-state index contributed by atoms with van der Waals surface area (Å²) >= 11 is 0. The largest absolute Gasteiger partial charge is 0.439 e. The Bertz CT molecular complexity index is 1000. The molecule has 8 heteroatoms. The second kappa shape index (κ2) is 9.59. The lowest BCUT2D eigenvalue weighted by Crippen LogP contribution is -2.46. The molecule has 0 spiro atoms. The second-order valence-electron chi connectivity index (χ2n) is 8.11. The van der Waals surface area contributed by atoms with E-state index in [0.717, 1.165) is 54.9 Å². The van der Waals surface area contributed by atoms with Crippen molar-refractivity contribution in [1.29, 1.82) is 0 Å². The first-order valence-electron chi connectivity index (χ1n) is 10.6. The number of likely N-dealkylation sites (tertiary alicyclic amines) is 1. The van der Waals surface area contributed by atoms with Crippen LogP contribution in [-0.2, 0) is 13.1 Å². The number of aromatic nitrogens is 4. The minimum atomic E-state index is -0.0426. The Balaban J connectivity index is 1.27. The summed E-state index contributed by atoms with van der Waals surface area (Å²) in [5.41, 5.74) is 3.13. The van der Waals surface area contributed by atoms with E-state index in [4.69, 9.17) is 4.74 Å². The highest BCUT2D eigenvalue weighted by molar-refractivity contribution is 5.74. The minimum absolute atomic E-state index is 0.0426. The predicted octanol–water partition coefficient (Wildman–Crippen LogP) is 3.70. The van der Waals surface area contributed by atoms with Gasteiger partial charge in [-0.1, -0.05) is 23.4 Å². The number of piperidine rings is 1. The molecule has 3 heterocycles. The lowest BCUT2D eigenvalue weighted by molar-refractivity contribution is 0.157. The van der Waals surface area contributed by atoms with E-state index in [9.17, 15) is 4.79 Å². The number of urea groups is 1. The Morgan fingerprint density at radius 2 is 2.16 bits per heavy atom. The van der Waals surface area contributed by atoms with E-state index in [1.54, 1.807) is 12.4 Å². The van der Waals surface area contributed by atoms with Crippen LogP contribution >= 0.6 is 0 Å². The molecular formula is C23H28N6O2. The molecule has 4 rings (SSSR count). The molecule has 3 aromatic rings. The van der Waals surface area contributed by atoms with Gasteiger partial charge >= 0.3 is 6.03 Å². The van der Waals surface area contributed by atoms with Crippen LogP contribution in [0, 0.1) is 19.8 Å². The third-order valence-corrected chi connectivity index (χ3v) is 5.52. The number of benzene rings is 1. The molecule has 2 amide bonds. The van der Waals surface area contributed by atoms with Gasteiger partial charge in [0.1, 0.15) is 5.75 Å². The maximum Gasteiger partial charge on any atom is 0.317 e. The average molecular weight is 421 g/mol. The van der Waals surface area contributed by atoms with Crippen LogP contribution in [0.1, 0.15) is 29.5 Å². The fourth-order valence-electron chi connectivity index (χ4n) is 3.79. The molecule has 1 aliphatic heterocycles. The number of carbonyl (C=O) groups is 1. The molecule has 8 nitrogen and oxygen atoms in total. The molecule has 0 bridgehead atoms. The number of pyridine rings is 1. The number of ether oxygens (including phenoxy) is 1. The predicted molar refractivity (Wildman–Crippen MR) is 117 cm³/mol. The van der Waals surface area contributed by atoms with Gasteiger partial charge in [0.2, 0.25) is 5.88 Å². The molecule has 1 saturated heterocycles. The maximum atomic E-state index is 12.6. The number of nitrogens with zero attached hydrogens (tertiary/aromatic N) is 5. The molecule has 0 aliphatic carbocycles. The van der Waals surface area contributed by atoms with Crippen molar-refractivity contribution in [2.75, 3.05) is 13.1 Å². The van der Waals surface area contributed by atoms with Crippen LogP contribution < -0.4 is 10.1 Å². The van der Waals surface area contributed by atoms with E-state index in [1.807, 2.05) is 53.9 Å². The number of nitrogens with one attached hydrogen (secondary N) is 1. The van der Waals surface area contributed by atoms with Gasteiger partial charge in [0.25, 0.3) is 0 Å². The highest BCUT2D eigenvalue weighted by Gasteiger charge is 2.24. The van der Waals surface area contributed by atoms with Gasteiger partial charge in [-0.05, 0) is 55.4 Å². The Kier molecular flexibility index (Phi) is 6.45. The fraction of sp³-hybridized carbons (Fsp3) is 0.391. The van der Waals surface area contributed by atoms with Crippen molar-refractivity contribution >= 4 is 6.03 Å². The van der Waals surface area contributed by atoms with Gasteiger partial charge in [-0.3, -0.25) is 4.68 Å². The molecule has 1 atom stereocenters. The smallest absolute Gasteiger partial charge is 0.317 e. The van der Waals surface area contributed by atoms with Gasteiger partial charge in [0, 0.05) is 44.6 Å². The Labute approximate surface area is 182 Å². The Morgan fingerprint density at radius 1 is 1.26 bits per heavy atom. The van der Waals surface area contributed by atoms with Crippen molar-refractivity contribution in [3.63, 3.8) is 0 Å². The Hall–Kier alpha value is -3.42. The second-order valence-corrected chi connectivity index (χ2v) is 8.11. The molecule has 2 aromatic heterocycles. The van der Waals surface area contributed by atoms with Gasteiger partial charge in [-0.25, -0.2) is 9.78 Å². The lowest BCUT2D eigenvalue weighted by atomic mass is 9.98. The quantitative estimate of drug-likeness (QED) is 0.657. The van der Waals surface area contributed by atoms with Gasteiger partial charge in [-0.2, -0.15) is 0 Å². The monoisotopic (exact) mass is 420 g/mol. The molecular weight excluding hydrogens is 392 g/mol. The van der Waals surface area contributed by atoms with Crippen LogP contribution in [0.5, 0.6) is 11.6 Å². The SMILES string of the molecule is Cc1ccc(C)c(Oc2ccc(CNC(=O)N3CCCC(Cn4ccnn4)C3)cn2)c1. The summed E-state index contributed by atoms with van der Waals surface area (Å²) in [4.78, 5) is 18.9. The summed E-state index contributed by atoms with van der Waals surface area (Å²) in [5, 5.41) is 10.9. The van der Waals surface area contributed by atoms with Crippen molar-refractivity contribution in [1.82, 2.24) is 30.2 Å². The molecule has 1 unspecified atom stereocenters. The van der Waals surface area contributed by atoms with Crippen LogP contribution in [-0.4, -0.2) is 44.0 Å². The number of aryl methyl sites for hydroxylation is 2. The number of hydrogen-bond donors (Lipinski definition) is 1. The molecule has 31 heavy (non-hydrogen) atoms. The zero-order valence-electron chi connectivity index (χ0n) is 18.0. The number of carbonyl (C=O) groups excluding carboxylic acids is 1.